The van der Waals surface area contributed by atoms with Crippen LogP contribution >= 0.6 is 0 Å². The normalized spacial score (nSPS) is 10.9. The van der Waals surface area contributed by atoms with Gasteiger partial charge in [0.1, 0.15) is 5.82 Å². The van der Waals surface area contributed by atoms with Crippen LogP contribution < -0.4 is 0 Å². The third-order valence-electron chi connectivity index (χ3n) is 2.54. The highest BCUT2D eigenvalue weighted by Gasteiger charge is 2.15. The van der Waals surface area contributed by atoms with E-state index in [-0.39, 0.29) is 17.8 Å². The van der Waals surface area contributed by atoms with Crippen molar-refractivity contribution in [1.82, 2.24) is 4.90 Å². The predicted molar refractivity (Wildman–Crippen MR) is 68.9 cm³/mol. The maximum absolute atomic E-state index is 12.8. The molecule has 1 N–H and O–H groups in total. The van der Waals surface area contributed by atoms with Gasteiger partial charge in [-0.1, -0.05) is 12.1 Å². The second-order valence-electron chi connectivity index (χ2n) is 4.36. The van der Waals surface area contributed by atoms with Crippen LogP contribution in [0.1, 0.15) is 19.4 Å². The molecular formula is C14H16FNO3. The molecule has 0 saturated heterocycles. The van der Waals surface area contributed by atoms with Gasteiger partial charge in [-0.3, -0.25) is 4.79 Å². The highest BCUT2D eigenvalue weighted by Crippen LogP contribution is 2.10. The van der Waals surface area contributed by atoms with E-state index < -0.39 is 5.97 Å². The minimum Gasteiger partial charge on any atom is -0.478 e. The van der Waals surface area contributed by atoms with Crippen LogP contribution in [0.4, 0.5) is 4.39 Å². The van der Waals surface area contributed by atoms with Crippen molar-refractivity contribution in [2.45, 2.75) is 26.4 Å². The van der Waals surface area contributed by atoms with E-state index in [1.165, 1.54) is 17.0 Å². The van der Waals surface area contributed by atoms with E-state index in [1.807, 2.05) is 13.8 Å². The first-order chi connectivity index (χ1) is 8.90. The van der Waals surface area contributed by atoms with Crippen molar-refractivity contribution in [3.63, 3.8) is 0 Å². The van der Waals surface area contributed by atoms with Crippen LogP contribution in [0, 0.1) is 5.82 Å². The van der Waals surface area contributed by atoms with Crippen LogP contribution in [0.2, 0.25) is 0 Å². The zero-order valence-corrected chi connectivity index (χ0v) is 10.8. The molecule has 5 heteroatoms. The molecule has 0 aliphatic carbocycles. The van der Waals surface area contributed by atoms with E-state index in [0.717, 1.165) is 17.7 Å². The van der Waals surface area contributed by atoms with E-state index in [1.54, 1.807) is 12.1 Å². The Morgan fingerprint density at radius 1 is 1.26 bits per heavy atom. The van der Waals surface area contributed by atoms with Crippen molar-refractivity contribution in [3.05, 3.63) is 47.8 Å². The summed E-state index contributed by atoms with van der Waals surface area (Å²) in [5.74, 6) is -1.89. The Balaban J connectivity index is 2.81. The van der Waals surface area contributed by atoms with Gasteiger partial charge in [-0.05, 0) is 31.5 Å². The molecule has 0 radical (unpaired) electrons. The number of hydrogen-bond acceptors (Lipinski definition) is 2. The Bertz CT molecular complexity index is 480. The third-order valence-corrected chi connectivity index (χ3v) is 2.54. The summed E-state index contributed by atoms with van der Waals surface area (Å²) in [6.07, 6.45) is 1.83. The van der Waals surface area contributed by atoms with Crippen LogP contribution in [0.5, 0.6) is 0 Å². The first kappa shape index (κ1) is 14.9. The molecule has 1 amide bonds. The van der Waals surface area contributed by atoms with Gasteiger partial charge in [0, 0.05) is 24.7 Å². The second kappa shape index (κ2) is 6.68. The molecule has 0 unspecified atom stereocenters. The molecule has 0 aromatic heterocycles. The maximum Gasteiger partial charge on any atom is 0.328 e. The average molecular weight is 265 g/mol. The number of carboxylic acids is 1. The van der Waals surface area contributed by atoms with Crippen LogP contribution in [0.3, 0.4) is 0 Å². The van der Waals surface area contributed by atoms with Crippen molar-refractivity contribution in [3.8, 4) is 0 Å². The minimum absolute atomic E-state index is 0.0870. The highest BCUT2D eigenvalue weighted by molar-refractivity contribution is 5.94. The molecule has 0 aliphatic heterocycles. The molecule has 1 rings (SSSR count). The van der Waals surface area contributed by atoms with Gasteiger partial charge in [0.2, 0.25) is 5.91 Å². The first-order valence-corrected chi connectivity index (χ1v) is 5.86. The predicted octanol–water partition coefficient (Wildman–Crippen LogP) is 2.20. The lowest BCUT2D eigenvalue weighted by Crippen LogP contribution is -2.35. The van der Waals surface area contributed by atoms with Gasteiger partial charge in [0.25, 0.3) is 0 Å². The van der Waals surface area contributed by atoms with E-state index in [9.17, 15) is 14.0 Å². The number of hydrogen-bond donors (Lipinski definition) is 1. The van der Waals surface area contributed by atoms with E-state index in [4.69, 9.17) is 5.11 Å². The maximum atomic E-state index is 12.8. The monoisotopic (exact) mass is 265 g/mol. The fourth-order valence-corrected chi connectivity index (χ4v) is 1.54. The number of rotatable bonds is 5. The molecule has 1 aromatic carbocycles. The number of amides is 1. The third kappa shape index (κ3) is 4.91. The number of carbonyl (C=O) groups excluding carboxylic acids is 1. The summed E-state index contributed by atoms with van der Waals surface area (Å²) < 4.78 is 12.8. The summed E-state index contributed by atoms with van der Waals surface area (Å²) in [6.45, 7) is 3.97. The molecular weight excluding hydrogens is 249 g/mol. The van der Waals surface area contributed by atoms with Gasteiger partial charge in [-0.2, -0.15) is 0 Å². The fraction of sp³-hybridized carbons (Fsp3) is 0.286. The lowest BCUT2D eigenvalue weighted by molar-refractivity contribution is -0.132. The smallest absolute Gasteiger partial charge is 0.328 e. The molecule has 0 atom stereocenters. The number of halogens is 1. The average Bonchev–Trinajstić information content (AvgIpc) is 2.34. The number of carboxylic acid groups (broad SMARTS) is 1. The Kier molecular flexibility index (Phi) is 5.23. The molecule has 4 nitrogen and oxygen atoms in total. The molecule has 0 heterocycles. The molecule has 0 aliphatic rings. The topological polar surface area (TPSA) is 57.6 Å². The Morgan fingerprint density at radius 2 is 1.84 bits per heavy atom. The minimum atomic E-state index is -1.17. The van der Waals surface area contributed by atoms with E-state index >= 15 is 0 Å². The quantitative estimate of drug-likeness (QED) is 0.830. The summed E-state index contributed by atoms with van der Waals surface area (Å²) >= 11 is 0. The Morgan fingerprint density at radius 3 is 2.32 bits per heavy atom. The van der Waals surface area contributed by atoms with Gasteiger partial charge in [0.05, 0.1) is 0 Å². The highest BCUT2D eigenvalue weighted by atomic mass is 19.1. The van der Waals surface area contributed by atoms with E-state index in [2.05, 4.69) is 0 Å². The van der Waals surface area contributed by atoms with E-state index in [0.29, 0.717) is 6.54 Å². The lowest BCUT2D eigenvalue weighted by atomic mass is 10.2. The van der Waals surface area contributed by atoms with Crippen LogP contribution in [0.15, 0.2) is 36.4 Å². The summed E-state index contributed by atoms with van der Waals surface area (Å²) in [6, 6.07) is 5.75. The molecule has 0 saturated carbocycles. The summed E-state index contributed by atoms with van der Waals surface area (Å²) in [5, 5.41) is 8.50. The zero-order valence-electron chi connectivity index (χ0n) is 10.8. The molecule has 0 fully saturated rings. The number of nitrogens with zero attached hydrogens (tertiary/aromatic N) is 1. The first-order valence-electron chi connectivity index (χ1n) is 5.86. The lowest BCUT2D eigenvalue weighted by Gasteiger charge is -2.25. The van der Waals surface area contributed by atoms with Crippen molar-refractivity contribution in [2.75, 3.05) is 0 Å². The second-order valence-corrected chi connectivity index (χ2v) is 4.36. The fourth-order valence-electron chi connectivity index (χ4n) is 1.54. The Labute approximate surface area is 111 Å². The molecule has 1 aromatic rings. The molecule has 102 valence electrons. The molecule has 19 heavy (non-hydrogen) atoms. The van der Waals surface area contributed by atoms with Crippen molar-refractivity contribution < 1.29 is 19.1 Å². The van der Waals surface area contributed by atoms with Crippen LogP contribution in [-0.2, 0) is 16.1 Å². The van der Waals surface area contributed by atoms with Crippen molar-refractivity contribution >= 4 is 11.9 Å². The number of carbonyl (C=O) groups is 2. The zero-order chi connectivity index (χ0) is 14.4. The summed E-state index contributed by atoms with van der Waals surface area (Å²) in [5.41, 5.74) is 0.784. The molecule has 0 bridgehead atoms. The standard InChI is InChI=1S/C14H16FNO3/c1-10(2)16(13(17)7-8-14(18)19)9-11-3-5-12(15)6-4-11/h3-8,10H,9H2,1-2H3,(H,18,19)/b8-7+. The SMILES string of the molecule is CC(C)N(Cc1ccc(F)cc1)C(=O)/C=C/C(=O)O. The largest absolute Gasteiger partial charge is 0.478 e. The number of benzene rings is 1. The number of aliphatic carboxylic acids is 1. The summed E-state index contributed by atoms with van der Waals surface area (Å²) in [4.78, 5) is 23.8. The van der Waals surface area contributed by atoms with Gasteiger partial charge in [0.15, 0.2) is 0 Å². The Hall–Kier alpha value is -2.17. The van der Waals surface area contributed by atoms with Gasteiger partial charge < -0.3 is 10.0 Å². The van der Waals surface area contributed by atoms with Crippen LogP contribution in [0.25, 0.3) is 0 Å². The van der Waals surface area contributed by atoms with Crippen LogP contribution in [-0.4, -0.2) is 27.9 Å². The van der Waals surface area contributed by atoms with Gasteiger partial charge >= 0.3 is 5.97 Å². The summed E-state index contributed by atoms with van der Waals surface area (Å²) in [7, 11) is 0. The van der Waals surface area contributed by atoms with Crippen molar-refractivity contribution in [1.29, 1.82) is 0 Å². The van der Waals surface area contributed by atoms with Gasteiger partial charge in [-0.25, -0.2) is 9.18 Å². The molecule has 0 spiro atoms. The van der Waals surface area contributed by atoms with Gasteiger partial charge in [-0.15, -0.1) is 0 Å². The van der Waals surface area contributed by atoms with Crippen molar-refractivity contribution in [2.24, 2.45) is 0 Å².